The molecule has 2 aromatic carbocycles. The second kappa shape index (κ2) is 12.3. The van der Waals surface area contributed by atoms with Gasteiger partial charge in [0.05, 0.1) is 6.16 Å². The molecule has 3 atom stereocenters. The average Bonchev–Trinajstić information content (AvgIpc) is 3.21. The number of hydrogen-bond donors (Lipinski definition) is 3. The van der Waals surface area contributed by atoms with Gasteiger partial charge in [0.2, 0.25) is 0 Å². The first-order valence-corrected chi connectivity index (χ1v) is 13.5. The van der Waals surface area contributed by atoms with E-state index in [0.29, 0.717) is 37.9 Å². The van der Waals surface area contributed by atoms with Crippen LogP contribution in [0.5, 0.6) is 0 Å². The van der Waals surface area contributed by atoms with Crippen molar-refractivity contribution < 1.29 is 28.7 Å². The SMILES string of the molecule is NCCCC[C@H](OP(=O)(O)CCCCc1ccccc1)C(=O)N1c2ccccc2CC1C(=O)O. The van der Waals surface area contributed by atoms with Gasteiger partial charge in [-0.3, -0.25) is 18.8 Å². The molecule has 3 rings (SSSR count). The Labute approximate surface area is 200 Å². The first-order valence-electron chi connectivity index (χ1n) is 11.7. The number of nitrogens with two attached hydrogens (primary N) is 1. The number of rotatable bonds is 13. The Kier molecular flexibility index (Phi) is 9.42. The molecule has 0 spiro atoms. The third kappa shape index (κ3) is 7.00. The minimum Gasteiger partial charge on any atom is -0.480 e. The van der Waals surface area contributed by atoms with E-state index in [4.69, 9.17) is 10.3 Å². The highest BCUT2D eigenvalue weighted by atomic mass is 31.2. The van der Waals surface area contributed by atoms with Crippen LogP contribution in [0.2, 0.25) is 0 Å². The third-order valence-electron chi connectivity index (χ3n) is 5.99. The highest BCUT2D eigenvalue weighted by molar-refractivity contribution is 7.52. The lowest BCUT2D eigenvalue weighted by molar-refractivity contribution is -0.140. The molecular weight excluding hydrogens is 455 g/mol. The monoisotopic (exact) mass is 488 g/mol. The molecule has 4 N–H and O–H groups in total. The molecule has 2 aromatic rings. The molecule has 1 aliphatic rings. The van der Waals surface area contributed by atoms with Gasteiger partial charge >= 0.3 is 13.6 Å². The van der Waals surface area contributed by atoms with Crippen LogP contribution in [0.1, 0.15) is 43.2 Å². The van der Waals surface area contributed by atoms with Crippen molar-refractivity contribution in [2.45, 2.75) is 57.1 Å². The lowest BCUT2D eigenvalue weighted by atomic mass is 10.1. The summed E-state index contributed by atoms with van der Waals surface area (Å²) in [5.41, 5.74) is 7.98. The van der Waals surface area contributed by atoms with Gasteiger partial charge in [0.15, 0.2) is 0 Å². The molecule has 0 saturated carbocycles. The van der Waals surface area contributed by atoms with Crippen molar-refractivity contribution >= 4 is 25.2 Å². The third-order valence-corrected chi connectivity index (χ3v) is 7.45. The molecule has 8 nitrogen and oxygen atoms in total. The molecule has 0 fully saturated rings. The van der Waals surface area contributed by atoms with Crippen LogP contribution in [0.4, 0.5) is 5.69 Å². The molecule has 184 valence electrons. The van der Waals surface area contributed by atoms with E-state index in [9.17, 15) is 24.2 Å². The fourth-order valence-corrected chi connectivity index (χ4v) is 5.57. The summed E-state index contributed by atoms with van der Waals surface area (Å²) in [6, 6.07) is 15.8. The van der Waals surface area contributed by atoms with E-state index in [0.717, 1.165) is 17.5 Å². The Morgan fingerprint density at radius 2 is 1.76 bits per heavy atom. The molecule has 0 radical (unpaired) electrons. The quantitative estimate of drug-likeness (QED) is 0.289. The van der Waals surface area contributed by atoms with Gasteiger partial charge in [-0.2, -0.15) is 0 Å². The number of hydrogen-bond acceptors (Lipinski definition) is 5. The molecule has 1 heterocycles. The van der Waals surface area contributed by atoms with Crippen molar-refractivity contribution in [2.75, 3.05) is 17.6 Å². The maximum atomic E-state index is 13.5. The topological polar surface area (TPSA) is 130 Å². The maximum absolute atomic E-state index is 13.5. The number of unbranched alkanes of at least 4 members (excludes halogenated alkanes) is 2. The first-order chi connectivity index (χ1) is 16.3. The van der Waals surface area contributed by atoms with E-state index in [2.05, 4.69) is 0 Å². The highest BCUT2D eigenvalue weighted by Crippen LogP contribution is 2.46. The van der Waals surface area contributed by atoms with E-state index in [1.165, 1.54) is 4.90 Å². The number of fused-ring (bicyclic) bond motifs is 1. The van der Waals surface area contributed by atoms with Crippen molar-refractivity contribution in [1.82, 2.24) is 0 Å². The smallest absolute Gasteiger partial charge is 0.328 e. The number of para-hydroxylation sites is 1. The molecule has 2 unspecified atom stereocenters. The lowest BCUT2D eigenvalue weighted by Crippen LogP contribution is -2.48. The summed E-state index contributed by atoms with van der Waals surface area (Å²) in [4.78, 5) is 37.1. The van der Waals surface area contributed by atoms with Crippen molar-refractivity contribution in [1.29, 1.82) is 0 Å². The molecule has 1 amide bonds. The van der Waals surface area contributed by atoms with Crippen LogP contribution in [0.25, 0.3) is 0 Å². The fraction of sp³-hybridized carbons (Fsp3) is 0.440. The molecule has 9 heteroatoms. The van der Waals surface area contributed by atoms with Crippen LogP contribution < -0.4 is 10.6 Å². The predicted octanol–water partition coefficient (Wildman–Crippen LogP) is 3.75. The van der Waals surface area contributed by atoms with E-state index in [1.54, 1.807) is 24.3 Å². The molecule has 0 bridgehead atoms. The normalized spacial score (nSPS) is 17.7. The van der Waals surface area contributed by atoms with Gasteiger partial charge in [0, 0.05) is 12.1 Å². The Bertz CT molecular complexity index is 1020. The molecule has 34 heavy (non-hydrogen) atoms. The highest BCUT2D eigenvalue weighted by Gasteiger charge is 2.42. The minimum atomic E-state index is -4.07. The van der Waals surface area contributed by atoms with Crippen LogP contribution in [0, 0.1) is 0 Å². The Morgan fingerprint density at radius 3 is 2.47 bits per heavy atom. The molecule has 0 aliphatic carbocycles. The maximum Gasteiger partial charge on any atom is 0.328 e. The summed E-state index contributed by atoms with van der Waals surface area (Å²) in [6.45, 7) is 0.418. The summed E-state index contributed by atoms with van der Waals surface area (Å²) in [5.74, 6) is -1.73. The summed E-state index contributed by atoms with van der Waals surface area (Å²) in [5, 5.41) is 9.72. The predicted molar refractivity (Wildman–Crippen MR) is 131 cm³/mol. The number of nitrogens with zero attached hydrogens (tertiary/aromatic N) is 1. The number of anilines is 1. The number of aryl methyl sites for hydroxylation is 1. The van der Waals surface area contributed by atoms with Gasteiger partial charge in [-0.25, -0.2) is 4.79 Å². The van der Waals surface area contributed by atoms with Crippen LogP contribution >= 0.6 is 7.60 Å². The average molecular weight is 489 g/mol. The number of carbonyl (C=O) groups is 2. The standard InChI is InChI=1S/C25H33N2O6P/c26-16-8-6-15-23(33-34(31,32)17-9-7-12-19-10-2-1-3-11-19)24(28)27-21-14-5-4-13-20(21)18-22(27)25(29)30/h1-5,10-11,13-14,22-23H,6-9,12,15-18,26H2,(H,29,30)(H,31,32)/t22?,23-/m0/s1. The zero-order chi connectivity index (χ0) is 24.6. The number of aliphatic carboxylic acids is 1. The summed E-state index contributed by atoms with van der Waals surface area (Å²) in [7, 11) is -4.07. The van der Waals surface area contributed by atoms with Crippen molar-refractivity contribution in [3.63, 3.8) is 0 Å². The zero-order valence-corrected chi connectivity index (χ0v) is 20.1. The molecule has 0 aromatic heterocycles. The Hall–Kier alpha value is -2.51. The van der Waals surface area contributed by atoms with Crippen LogP contribution in [-0.2, 0) is 31.5 Å². The second-order valence-corrected chi connectivity index (χ2v) is 10.5. The molecule has 0 saturated heterocycles. The summed E-state index contributed by atoms with van der Waals surface area (Å²) < 4.78 is 18.4. The largest absolute Gasteiger partial charge is 0.480 e. The summed E-state index contributed by atoms with van der Waals surface area (Å²) >= 11 is 0. The molecule has 1 aliphatic heterocycles. The van der Waals surface area contributed by atoms with Crippen LogP contribution in [-0.4, -0.2) is 46.7 Å². The van der Waals surface area contributed by atoms with Gasteiger partial charge in [-0.15, -0.1) is 0 Å². The van der Waals surface area contributed by atoms with E-state index in [1.807, 2.05) is 30.3 Å². The van der Waals surface area contributed by atoms with Crippen LogP contribution in [0.3, 0.4) is 0 Å². The van der Waals surface area contributed by atoms with Crippen molar-refractivity contribution in [2.24, 2.45) is 5.73 Å². The van der Waals surface area contributed by atoms with Crippen LogP contribution in [0.15, 0.2) is 54.6 Å². The lowest BCUT2D eigenvalue weighted by Gasteiger charge is -2.28. The number of carboxylic acid groups (broad SMARTS) is 1. The number of carboxylic acids is 1. The number of carbonyl (C=O) groups excluding carboxylic acids is 1. The second-order valence-electron chi connectivity index (χ2n) is 8.58. The Balaban J connectivity index is 1.69. The number of benzene rings is 2. The fourth-order valence-electron chi connectivity index (χ4n) is 4.24. The summed E-state index contributed by atoms with van der Waals surface area (Å²) in [6.07, 6.45) is 2.20. The Morgan fingerprint density at radius 1 is 1.06 bits per heavy atom. The molecular formula is C25H33N2O6P. The zero-order valence-electron chi connectivity index (χ0n) is 19.2. The first kappa shape index (κ1) is 26.1. The van der Waals surface area contributed by atoms with Gasteiger partial charge in [-0.05, 0) is 62.3 Å². The van der Waals surface area contributed by atoms with E-state index in [-0.39, 0.29) is 19.0 Å². The van der Waals surface area contributed by atoms with Gasteiger partial charge in [-0.1, -0.05) is 48.5 Å². The van der Waals surface area contributed by atoms with Crippen molar-refractivity contribution in [3.05, 3.63) is 65.7 Å². The van der Waals surface area contributed by atoms with Gasteiger partial charge in [0.1, 0.15) is 12.1 Å². The number of amides is 1. The van der Waals surface area contributed by atoms with E-state index < -0.39 is 31.6 Å². The minimum absolute atomic E-state index is 0.0700. The van der Waals surface area contributed by atoms with E-state index >= 15 is 0 Å². The van der Waals surface area contributed by atoms with Gasteiger partial charge in [0.25, 0.3) is 5.91 Å². The van der Waals surface area contributed by atoms with Gasteiger partial charge < -0.3 is 15.7 Å². The van der Waals surface area contributed by atoms with Crippen molar-refractivity contribution in [3.8, 4) is 0 Å².